The molecule has 0 aliphatic carbocycles. The number of halogens is 2. The van der Waals surface area contributed by atoms with E-state index in [4.69, 9.17) is 5.73 Å². The number of rotatable bonds is 4. The lowest BCUT2D eigenvalue weighted by Crippen LogP contribution is -2.27. The summed E-state index contributed by atoms with van der Waals surface area (Å²) < 4.78 is 28.2. The Kier molecular flexibility index (Phi) is 6.12. The van der Waals surface area contributed by atoms with E-state index in [0.717, 1.165) is 35.5 Å². The van der Waals surface area contributed by atoms with Gasteiger partial charge >= 0.3 is 0 Å². The minimum atomic E-state index is -2.66. The number of hydrogen-bond acceptors (Lipinski definition) is 5. The number of allylic oxidation sites excluding steroid dienone is 1. The van der Waals surface area contributed by atoms with Crippen LogP contribution in [0.25, 0.3) is 5.57 Å². The highest BCUT2D eigenvalue weighted by atomic mass is 19.3. The van der Waals surface area contributed by atoms with Crippen molar-refractivity contribution in [3.05, 3.63) is 53.2 Å². The summed E-state index contributed by atoms with van der Waals surface area (Å²) in [6, 6.07) is 9.00. The number of anilines is 4. The minimum Gasteiger partial charge on any atom is -0.404 e. The molecule has 0 saturated carbocycles. The zero-order valence-corrected chi connectivity index (χ0v) is 18.2. The first-order valence-electron chi connectivity index (χ1n) is 10.7. The molecule has 0 unspecified atom stereocenters. The highest BCUT2D eigenvalue weighted by molar-refractivity contribution is 6.10. The van der Waals surface area contributed by atoms with Crippen LogP contribution in [0.5, 0.6) is 0 Å². The number of alkyl halides is 2. The van der Waals surface area contributed by atoms with Crippen molar-refractivity contribution < 1.29 is 13.6 Å². The second-order valence-corrected chi connectivity index (χ2v) is 8.13. The van der Waals surface area contributed by atoms with Crippen molar-refractivity contribution in [2.75, 3.05) is 29.1 Å². The highest BCUT2D eigenvalue weighted by Crippen LogP contribution is 2.44. The van der Waals surface area contributed by atoms with Crippen molar-refractivity contribution in [3.8, 4) is 0 Å². The zero-order chi connectivity index (χ0) is 22.8. The number of nitrogens with one attached hydrogen (secondary N) is 2. The van der Waals surface area contributed by atoms with Crippen molar-refractivity contribution in [1.29, 1.82) is 0 Å². The Morgan fingerprint density at radius 3 is 2.84 bits per heavy atom. The van der Waals surface area contributed by atoms with E-state index in [1.807, 2.05) is 31.2 Å². The standard InChI is InChI=1S/C24H27F2N5O/c1-14-9-22(32)30-19-6-3-7-20(23(19)29-14)31-8-4-5-15-10-17(16(12-27)13-28-2)18(24(25)26)11-21(15)31/h3,6-7,10-14,24,29H,4-5,8-9,27H2,1-2H3,(H,30,32)/t14-/m1/s1. The number of aliphatic imine (C=N–C) groups is 1. The number of hydrogen-bond donors (Lipinski definition) is 3. The maximum Gasteiger partial charge on any atom is 0.264 e. The van der Waals surface area contributed by atoms with Gasteiger partial charge in [0.15, 0.2) is 0 Å². The lowest BCUT2D eigenvalue weighted by Gasteiger charge is -2.34. The molecule has 0 saturated heterocycles. The number of para-hydroxylation sites is 1. The Morgan fingerprint density at radius 1 is 1.31 bits per heavy atom. The quantitative estimate of drug-likeness (QED) is 0.595. The van der Waals surface area contributed by atoms with E-state index in [-0.39, 0.29) is 17.5 Å². The fourth-order valence-corrected chi connectivity index (χ4v) is 4.47. The van der Waals surface area contributed by atoms with Crippen molar-refractivity contribution in [1.82, 2.24) is 0 Å². The third-order valence-electron chi connectivity index (χ3n) is 5.85. The molecular formula is C24H27F2N5O. The minimum absolute atomic E-state index is 0.0498. The largest absolute Gasteiger partial charge is 0.404 e. The lowest BCUT2D eigenvalue weighted by atomic mass is 9.92. The Hall–Kier alpha value is -3.42. The number of nitrogens with two attached hydrogens (primary N) is 1. The predicted molar refractivity (Wildman–Crippen MR) is 126 cm³/mol. The summed E-state index contributed by atoms with van der Waals surface area (Å²) in [5.41, 5.74) is 10.6. The van der Waals surface area contributed by atoms with Crippen LogP contribution in [0.4, 0.5) is 31.5 Å². The van der Waals surface area contributed by atoms with Crippen LogP contribution < -0.4 is 21.3 Å². The number of aryl methyl sites for hydroxylation is 1. The van der Waals surface area contributed by atoms with Crippen LogP contribution in [0, 0.1) is 0 Å². The van der Waals surface area contributed by atoms with Gasteiger partial charge in [-0.25, -0.2) is 8.78 Å². The van der Waals surface area contributed by atoms with Gasteiger partial charge in [-0.3, -0.25) is 9.79 Å². The van der Waals surface area contributed by atoms with Crippen LogP contribution in [0.15, 0.2) is 41.5 Å². The first-order chi connectivity index (χ1) is 15.4. The van der Waals surface area contributed by atoms with Gasteiger partial charge in [-0.2, -0.15) is 0 Å². The summed E-state index contributed by atoms with van der Waals surface area (Å²) in [6.07, 6.45) is 2.15. The maximum absolute atomic E-state index is 14.1. The van der Waals surface area contributed by atoms with Crippen LogP contribution in [-0.4, -0.2) is 31.8 Å². The highest BCUT2D eigenvalue weighted by Gasteiger charge is 2.28. The smallest absolute Gasteiger partial charge is 0.264 e. The average Bonchev–Trinajstić information content (AvgIpc) is 2.92. The maximum atomic E-state index is 14.1. The van der Waals surface area contributed by atoms with Gasteiger partial charge in [-0.1, -0.05) is 6.07 Å². The number of fused-ring (bicyclic) bond motifs is 2. The summed E-state index contributed by atoms with van der Waals surface area (Å²) in [7, 11) is 1.58. The van der Waals surface area contributed by atoms with E-state index in [2.05, 4.69) is 20.5 Å². The molecule has 2 aliphatic heterocycles. The molecule has 1 amide bonds. The molecule has 0 radical (unpaired) electrons. The molecular weight excluding hydrogens is 412 g/mol. The lowest BCUT2D eigenvalue weighted by molar-refractivity contribution is -0.116. The fourth-order valence-electron chi connectivity index (χ4n) is 4.47. The Labute approximate surface area is 186 Å². The van der Waals surface area contributed by atoms with E-state index in [9.17, 15) is 13.6 Å². The van der Waals surface area contributed by atoms with Gasteiger partial charge < -0.3 is 21.3 Å². The van der Waals surface area contributed by atoms with Gasteiger partial charge in [0.25, 0.3) is 6.43 Å². The van der Waals surface area contributed by atoms with Crippen LogP contribution in [0.2, 0.25) is 0 Å². The first kappa shape index (κ1) is 21.8. The molecule has 2 aromatic rings. The second kappa shape index (κ2) is 8.98. The van der Waals surface area contributed by atoms with E-state index >= 15 is 0 Å². The van der Waals surface area contributed by atoms with Gasteiger partial charge in [0.1, 0.15) is 0 Å². The third-order valence-corrected chi connectivity index (χ3v) is 5.85. The first-order valence-corrected chi connectivity index (χ1v) is 10.7. The molecule has 0 spiro atoms. The molecule has 2 heterocycles. The Balaban J connectivity index is 1.86. The number of nitrogens with zero attached hydrogens (tertiary/aromatic N) is 2. The summed E-state index contributed by atoms with van der Waals surface area (Å²) in [5.74, 6) is -0.0525. The van der Waals surface area contributed by atoms with Crippen LogP contribution in [-0.2, 0) is 11.2 Å². The third kappa shape index (κ3) is 4.04. The van der Waals surface area contributed by atoms with Crippen LogP contribution in [0.1, 0.15) is 42.9 Å². The number of carbonyl (C=O) groups is 1. The number of amides is 1. The molecule has 168 valence electrons. The topological polar surface area (TPSA) is 82.8 Å². The summed E-state index contributed by atoms with van der Waals surface area (Å²) >= 11 is 0. The summed E-state index contributed by atoms with van der Waals surface area (Å²) in [5, 5.41) is 6.37. The van der Waals surface area contributed by atoms with Crippen LogP contribution >= 0.6 is 0 Å². The summed E-state index contributed by atoms with van der Waals surface area (Å²) in [4.78, 5) is 18.2. The van der Waals surface area contributed by atoms with Gasteiger partial charge in [0, 0.05) is 55.3 Å². The molecule has 0 aromatic heterocycles. The molecule has 4 N–H and O–H groups in total. The van der Waals surface area contributed by atoms with Gasteiger partial charge in [0.05, 0.1) is 17.1 Å². The molecule has 0 fully saturated rings. The number of benzene rings is 2. The van der Waals surface area contributed by atoms with Gasteiger partial charge in [0.2, 0.25) is 5.91 Å². The fraction of sp³-hybridized carbons (Fsp3) is 0.333. The molecule has 2 aliphatic rings. The number of carbonyl (C=O) groups excluding carboxylic acids is 1. The molecule has 2 aromatic carbocycles. The molecule has 6 nitrogen and oxygen atoms in total. The molecule has 32 heavy (non-hydrogen) atoms. The summed E-state index contributed by atoms with van der Waals surface area (Å²) in [6.45, 7) is 2.64. The van der Waals surface area contributed by atoms with E-state index < -0.39 is 6.43 Å². The van der Waals surface area contributed by atoms with Crippen molar-refractivity contribution >= 4 is 40.4 Å². The predicted octanol–water partition coefficient (Wildman–Crippen LogP) is 4.85. The Bertz CT molecular complexity index is 1100. The van der Waals surface area contributed by atoms with Crippen molar-refractivity contribution in [2.45, 2.75) is 38.7 Å². The SMILES string of the molecule is CN=CC(=CN)c1cc2c(cc1C(F)F)N(c1cccc3c1N[C@H](C)CC(=O)N3)CCC2. The van der Waals surface area contributed by atoms with Gasteiger partial charge in [-0.15, -0.1) is 0 Å². The average molecular weight is 440 g/mol. The van der Waals surface area contributed by atoms with Crippen molar-refractivity contribution in [2.24, 2.45) is 10.7 Å². The monoisotopic (exact) mass is 439 g/mol. The van der Waals surface area contributed by atoms with Gasteiger partial charge in [-0.05, 0) is 55.2 Å². The van der Waals surface area contributed by atoms with Crippen LogP contribution in [0.3, 0.4) is 0 Å². The van der Waals surface area contributed by atoms with Crippen molar-refractivity contribution in [3.63, 3.8) is 0 Å². The normalized spacial score (nSPS) is 18.8. The molecule has 0 bridgehead atoms. The molecule has 4 rings (SSSR count). The zero-order valence-electron chi connectivity index (χ0n) is 18.2. The molecule has 1 atom stereocenters. The van der Waals surface area contributed by atoms with E-state index in [0.29, 0.717) is 29.8 Å². The molecule has 8 heteroatoms. The Morgan fingerprint density at radius 2 is 2.12 bits per heavy atom. The van der Waals surface area contributed by atoms with E-state index in [1.54, 1.807) is 13.1 Å². The van der Waals surface area contributed by atoms with E-state index in [1.165, 1.54) is 12.4 Å². The second-order valence-electron chi connectivity index (χ2n) is 8.13.